The molecule has 10 heteroatoms. The summed E-state index contributed by atoms with van der Waals surface area (Å²) < 4.78 is 5.64. The normalized spacial score (nSPS) is 23.6. The van der Waals surface area contributed by atoms with Crippen LogP contribution in [0.15, 0.2) is 4.42 Å². The SMILES string of the molecule is CCNc1nnc(-c2nc(C)c(N3CC(CC)N(C4CCN(C)CC4)C[C@H]3C)nc2N)o1. The van der Waals surface area contributed by atoms with Crippen LogP contribution in [0.1, 0.15) is 45.7 Å². The van der Waals surface area contributed by atoms with Gasteiger partial charge in [0.1, 0.15) is 0 Å². The van der Waals surface area contributed by atoms with Crippen LogP contribution in [-0.2, 0) is 0 Å². The number of hydrogen-bond acceptors (Lipinski definition) is 10. The van der Waals surface area contributed by atoms with E-state index in [0.717, 1.165) is 31.0 Å². The first-order chi connectivity index (χ1) is 15.4. The summed E-state index contributed by atoms with van der Waals surface area (Å²) in [5.74, 6) is 1.45. The predicted octanol–water partition coefficient (Wildman–Crippen LogP) is 2.23. The average molecular weight is 444 g/mol. The number of hydrogen-bond donors (Lipinski definition) is 2. The molecule has 2 aliphatic heterocycles. The standard InChI is InChI=1S/C22H37N9O/c1-6-16-13-30(14(3)12-31(16)17-8-10-29(5)11-9-17)20-15(4)25-18(19(23)26-20)21-27-28-22(32-21)24-7-2/h14,16-17H,6-13H2,1-5H3,(H2,23,26)(H,24,28)/t14-,16?/m1/s1. The Morgan fingerprint density at radius 2 is 1.88 bits per heavy atom. The second-order valence-corrected chi connectivity index (χ2v) is 9.10. The van der Waals surface area contributed by atoms with Gasteiger partial charge >= 0.3 is 6.01 Å². The van der Waals surface area contributed by atoms with Gasteiger partial charge in [0.15, 0.2) is 17.3 Å². The third-order valence-corrected chi connectivity index (χ3v) is 6.81. The summed E-state index contributed by atoms with van der Waals surface area (Å²) >= 11 is 0. The van der Waals surface area contributed by atoms with Gasteiger partial charge in [0.05, 0.1) is 5.69 Å². The third kappa shape index (κ3) is 4.52. The molecule has 2 atom stereocenters. The molecular formula is C22H37N9O. The highest BCUT2D eigenvalue weighted by molar-refractivity contribution is 5.66. The van der Waals surface area contributed by atoms with Gasteiger partial charge in [-0.25, -0.2) is 9.97 Å². The summed E-state index contributed by atoms with van der Waals surface area (Å²) in [5, 5.41) is 11.1. The summed E-state index contributed by atoms with van der Waals surface area (Å²) in [6.07, 6.45) is 3.61. The largest absolute Gasteiger partial charge is 0.402 e. The van der Waals surface area contributed by atoms with Gasteiger partial charge in [-0.2, -0.15) is 0 Å². The van der Waals surface area contributed by atoms with E-state index in [1.54, 1.807) is 0 Å². The van der Waals surface area contributed by atoms with Gasteiger partial charge in [0.25, 0.3) is 5.89 Å². The van der Waals surface area contributed by atoms with Crippen LogP contribution in [0.3, 0.4) is 0 Å². The second kappa shape index (κ2) is 9.58. The minimum atomic E-state index is 0.284. The average Bonchev–Trinajstić information content (AvgIpc) is 3.24. The molecule has 4 rings (SSSR count). The lowest BCUT2D eigenvalue weighted by Gasteiger charge is -2.50. The Morgan fingerprint density at radius 1 is 1.12 bits per heavy atom. The quantitative estimate of drug-likeness (QED) is 0.689. The zero-order chi connectivity index (χ0) is 22.8. The molecule has 2 saturated heterocycles. The summed E-state index contributed by atoms with van der Waals surface area (Å²) in [6, 6.07) is 1.86. The molecule has 0 bridgehead atoms. The Kier molecular flexibility index (Phi) is 6.80. The molecule has 3 N–H and O–H groups in total. The smallest absolute Gasteiger partial charge is 0.315 e. The number of anilines is 3. The number of rotatable bonds is 6. The first-order valence-electron chi connectivity index (χ1n) is 11.8. The number of nitrogen functional groups attached to an aromatic ring is 1. The van der Waals surface area contributed by atoms with Crippen molar-refractivity contribution in [2.24, 2.45) is 0 Å². The highest BCUT2D eigenvalue weighted by Gasteiger charge is 2.37. The zero-order valence-electron chi connectivity index (χ0n) is 20.0. The molecule has 4 heterocycles. The lowest BCUT2D eigenvalue weighted by Crippen LogP contribution is -2.61. The first kappa shape index (κ1) is 22.7. The van der Waals surface area contributed by atoms with Crippen molar-refractivity contribution in [3.8, 4) is 11.6 Å². The zero-order valence-corrected chi connectivity index (χ0v) is 20.0. The van der Waals surface area contributed by atoms with E-state index in [1.807, 2.05) is 13.8 Å². The summed E-state index contributed by atoms with van der Waals surface area (Å²) in [5.41, 5.74) is 7.58. The topological polar surface area (TPSA) is 112 Å². The molecule has 2 fully saturated rings. The molecule has 2 aliphatic rings. The van der Waals surface area contributed by atoms with Crippen molar-refractivity contribution in [3.05, 3.63) is 5.69 Å². The maximum atomic E-state index is 6.32. The fourth-order valence-corrected chi connectivity index (χ4v) is 4.99. The van der Waals surface area contributed by atoms with Gasteiger partial charge in [0, 0.05) is 37.8 Å². The number of nitrogens with zero attached hydrogens (tertiary/aromatic N) is 7. The van der Waals surface area contributed by atoms with E-state index in [-0.39, 0.29) is 5.89 Å². The Hall–Kier alpha value is -2.46. The van der Waals surface area contributed by atoms with Gasteiger partial charge < -0.3 is 25.3 Å². The summed E-state index contributed by atoms with van der Waals surface area (Å²) in [7, 11) is 2.22. The number of likely N-dealkylation sites (tertiary alicyclic amines) is 1. The number of aryl methyl sites for hydroxylation is 1. The van der Waals surface area contributed by atoms with Crippen molar-refractivity contribution >= 4 is 17.7 Å². The molecule has 0 spiro atoms. The molecule has 32 heavy (non-hydrogen) atoms. The van der Waals surface area contributed by atoms with Crippen molar-refractivity contribution in [2.45, 2.75) is 65.1 Å². The molecule has 0 amide bonds. The highest BCUT2D eigenvalue weighted by atomic mass is 16.4. The number of nitrogens with two attached hydrogens (primary N) is 1. The van der Waals surface area contributed by atoms with Crippen LogP contribution in [-0.4, -0.2) is 87.9 Å². The van der Waals surface area contributed by atoms with Crippen LogP contribution in [0.2, 0.25) is 0 Å². The number of aromatic nitrogens is 4. The van der Waals surface area contributed by atoms with Gasteiger partial charge in [-0.05, 0) is 60.2 Å². The van der Waals surface area contributed by atoms with E-state index >= 15 is 0 Å². The van der Waals surface area contributed by atoms with Crippen LogP contribution in [0.25, 0.3) is 11.6 Å². The van der Waals surface area contributed by atoms with Gasteiger partial charge in [-0.3, -0.25) is 4.90 Å². The Balaban J connectivity index is 1.54. The van der Waals surface area contributed by atoms with Crippen LogP contribution in [0.5, 0.6) is 0 Å². The molecule has 2 aromatic heterocycles. The van der Waals surface area contributed by atoms with Crippen molar-refractivity contribution in [1.29, 1.82) is 0 Å². The number of piperazine rings is 1. The molecule has 0 radical (unpaired) electrons. The minimum Gasteiger partial charge on any atom is -0.402 e. The van der Waals surface area contributed by atoms with Crippen molar-refractivity contribution in [3.63, 3.8) is 0 Å². The lowest BCUT2D eigenvalue weighted by molar-refractivity contribution is 0.0583. The monoisotopic (exact) mass is 443 g/mol. The lowest BCUT2D eigenvalue weighted by atomic mass is 9.96. The van der Waals surface area contributed by atoms with Crippen molar-refractivity contribution < 1.29 is 4.42 Å². The van der Waals surface area contributed by atoms with Gasteiger partial charge in [0.2, 0.25) is 0 Å². The van der Waals surface area contributed by atoms with E-state index in [1.165, 1.54) is 25.9 Å². The van der Waals surface area contributed by atoms with Crippen LogP contribution in [0, 0.1) is 6.92 Å². The molecule has 176 valence electrons. The molecule has 10 nitrogen and oxygen atoms in total. The third-order valence-electron chi connectivity index (χ3n) is 6.81. The van der Waals surface area contributed by atoms with Crippen LogP contribution >= 0.6 is 0 Å². The van der Waals surface area contributed by atoms with E-state index in [4.69, 9.17) is 20.1 Å². The van der Waals surface area contributed by atoms with E-state index in [0.29, 0.717) is 42.2 Å². The van der Waals surface area contributed by atoms with Crippen molar-refractivity contribution in [2.75, 3.05) is 55.7 Å². The Bertz CT molecular complexity index is 909. The Morgan fingerprint density at radius 3 is 2.56 bits per heavy atom. The highest BCUT2D eigenvalue weighted by Crippen LogP contribution is 2.32. The molecule has 2 aromatic rings. The molecule has 0 aromatic carbocycles. The maximum absolute atomic E-state index is 6.32. The van der Waals surface area contributed by atoms with Gasteiger partial charge in [-0.15, -0.1) is 5.10 Å². The predicted molar refractivity (Wildman–Crippen MR) is 127 cm³/mol. The molecular weight excluding hydrogens is 406 g/mol. The Labute approximate surface area is 190 Å². The van der Waals surface area contributed by atoms with Crippen LogP contribution in [0.4, 0.5) is 17.7 Å². The van der Waals surface area contributed by atoms with Crippen molar-refractivity contribution in [1.82, 2.24) is 30.0 Å². The first-order valence-corrected chi connectivity index (χ1v) is 11.8. The van der Waals surface area contributed by atoms with Crippen LogP contribution < -0.4 is 16.0 Å². The van der Waals surface area contributed by atoms with E-state index in [2.05, 4.69) is 51.1 Å². The molecule has 1 unspecified atom stereocenters. The fraction of sp³-hybridized carbons (Fsp3) is 0.727. The van der Waals surface area contributed by atoms with E-state index < -0.39 is 0 Å². The number of piperidine rings is 1. The minimum absolute atomic E-state index is 0.284. The van der Waals surface area contributed by atoms with E-state index in [9.17, 15) is 0 Å². The number of nitrogens with one attached hydrogen (secondary N) is 1. The summed E-state index contributed by atoms with van der Waals surface area (Å²) in [6.45, 7) is 13.5. The van der Waals surface area contributed by atoms with Gasteiger partial charge in [-0.1, -0.05) is 12.0 Å². The second-order valence-electron chi connectivity index (χ2n) is 9.10. The molecule has 0 saturated carbocycles. The fourth-order valence-electron chi connectivity index (χ4n) is 4.99. The summed E-state index contributed by atoms with van der Waals surface area (Å²) in [4.78, 5) is 17.0. The molecule has 0 aliphatic carbocycles. The maximum Gasteiger partial charge on any atom is 0.315 e.